The van der Waals surface area contributed by atoms with E-state index in [1.54, 1.807) is 32.5 Å². The van der Waals surface area contributed by atoms with Crippen molar-refractivity contribution in [1.82, 2.24) is 10.6 Å². The molecule has 1 saturated heterocycles. The van der Waals surface area contributed by atoms with Crippen LogP contribution < -0.4 is 10.6 Å². The molecule has 0 radical (unpaired) electrons. The monoisotopic (exact) mass is 332 g/mol. The number of ether oxygens (including phenoxy) is 2. The third-order valence-electron chi connectivity index (χ3n) is 3.03. The second-order valence-corrected chi connectivity index (χ2v) is 7.13. The molecular weight excluding hydrogens is 308 g/mol. The Morgan fingerprint density at radius 3 is 2.73 bits per heavy atom. The molecule has 2 atom stereocenters. The molecule has 1 fully saturated rings. The highest BCUT2D eigenvalue weighted by Gasteiger charge is 2.36. The Kier molecular flexibility index (Phi) is 6.99. The summed E-state index contributed by atoms with van der Waals surface area (Å²) in [5.74, 6) is -0.653. The molecule has 8 heteroatoms. The summed E-state index contributed by atoms with van der Waals surface area (Å²) < 4.78 is 9.90. The molecular formula is C14H24N2O5S. The van der Waals surface area contributed by atoms with E-state index >= 15 is 0 Å². The maximum atomic E-state index is 12.1. The van der Waals surface area contributed by atoms with E-state index in [0.717, 1.165) is 5.75 Å². The molecule has 1 aliphatic rings. The second-order valence-electron chi connectivity index (χ2n) is 5.98. The molecule has 0 spiro atoms. The van der Waals surface area contributed by atoms with Crippen LogP contribution in [0.3, 0.4) is 0 Å². The topological polar surface area (TPSA) is 93.7 Å². The normalized spacial score (nSPS) is 20.4. The first-order chi connectivity index (χ1) is 10.2. The van der Waals surface area contributed by atoms with Crippen LogP contribution in [0.5, 0.6) is 0 Å². The van der Waals surface area contributed by atoms with Gasteiger partial charge in [-0.15, -0.1) is 0 Å². The highest BCUT2D eigenvalue weighted by atomic mass is 32.2. The number of rotatable bonds is 4. The van der Waals surface area contributed by atoms with Crippen LogP contribution in [0.1, 0.15) is 20.8 Å². The highest BCUT2D eigenvalue weighted by Crippen LogP contribution is 2.21. The molecule has 2 unspecified atom stereocenters. The van der Waals surface area contributed by atoms with Gasteiger partial charge in [0.05, 0.1) is 18.9 Å². The molecule has 7 nitrogen and oxygen atoms in total. The Morgan fingerprint density at radius 2 is 2.14 bits per heavy atom. The minimum atomic E-state index is -0.733. The Balaban J connectivity index is 2.70. The van der Waals surface area contributed by atoms with Gasteiger partial charge in [0.25, 0.3) is 0 Å². The van der Waals surface area contributed by atoms with Crippen molar-refractivity contribution in [3.05, 3.63) is 0 Å². The highest BCUT2D eigenvalue weighted by molar-refractivity contribution is 7.99. The lowest BCUT2D eigenvalue weighted by Crippen LogP contribution is -2.45. The summed E-state index contributed by atoms with van der Waals surface area (Å²) in [6.45, 7) is 5.83. The zero-order valence-corrected chi connectivity index (χ0v) is 14.2. The molecule has 2 N–H and O–H groups in total. The SMILES string of the molecule is COC(=O)C(CNC(=O)OC(C)(C)C)C1CSCCNC1=O. The number of hydrogen-bond acceptors (Lipinski definition) is 6. The van der Waals surface area contributed by atoms with Crippen LogP contribution in [0.4, 0.5) is 4.79 Å². The predicted octanol–water partition coefficient (Wildman–Crippen LogP) is 0.779. The van der Waals surface area contributed by atoms with Gasteiger partial charge in [0.15, 0.2) is 0 Å². The fraction of sp³-hybridized carbons (Fsp3) is 0.786. The number of esters is 1. The van der Waals surface area contributed by atoms with E-state index in [-0.39, 0.29) is 12.5 Å². The van der Waals surface area contributed by atoms with Gasteiger partial charge in [0, 0.05) is 24.6 Å². The average molecular weight is 332 g/mol. The van der Waals surface area contributed by atoms with Gasteiger partial charge in [-0.1, -0.05) is 0 Å². The predicted molar refractivity (Wildman–Crippen MR) is 83.6 cm³/mol. The van der Waals surface area contributed by atoms with Crippen LogP contribution in [0, 0.1) is 11.8 Å². The first-order valence-corrected chi connectivity index (χ1v) is 8.30. The number of methoxy groups -OCH3 is 1. The van der Waals surface area contributed by atoms with Crippen molar-refractivity contribution in [2.45, 2.75) is 26.4 Å². The van der Waals surface area contributed by atoms with Gasteiger partial charge in [-0.25, -0.2) is 4.79 Å². The van der Waals surface area contributed by atoms with Gasteiger partial charge >= 0.3 is 12.1 Å². The van der Waals surface area contributed by atoms with Crippen LogP contribution in [-0.2, 0) is 19.1 Å². The fourth-order valence-corrected chi connectivity index (χ4v) is 3.06. The van der Waals surface area contributed by atoms with Gasteiger partial charge < -0.3 is 20.1 Å². The summed E-state index contributed by atoms with van der Waals surface area (Å²) in [4.78, 5) is 35.8. The zero-order chi connectivity index (χ0) is 16.8. The molecule has 0 aliphatic carbocycles. The molecule has 0 bridgehead atoms. The minimum absolute atomic E-state index is 0.000231. The van der Waals surface area contributed by atoms with Gasteiger partial charge in [-0.05, 0) is 20.8 Å². The molecule has 126 valence electrons. The Morgan fingerprint density at radius 1 is 1.45 bits per heavy atom. The molecule has 0 saturated carbocycles. The molecule has 22 heavy (non-hydrogen) atoms. The lowest BCUT2D eigenvalue weighted by atomic mass is 9.93. The summed E-state index contributed by atoms with van der Waals surface area (Å²) in [5, 5.41) is 5.31. The van der Waals surface area contributed by atoms with Crippen molar-refractivity contribution in [3.63, 3.8) is 0 Å². The van der Waals surface area contributed by atoms with Crippen LogP contribution in [0.15, 0.2) is 0 Å². The van der Waals surface area contributed by atoms with Crippen molar-refractivity contribution in [2.75, 3.05) is 31.7 Å². The van der Waals surface area contributed by atoms with Crippen LogP contribution in [0.2, 0.25) is 0 Å². The number of nitrogens with one attached hydrogen (secondary N) is 2. The van der Waals surface area contributed by atoms with E-state index in [2.05, 4.69) is 10.6 Å². The number of carbonyl (C=O) groups is 3. The Bertz CT molecular complexity index is 422. The van der Waals surface area contributed by atoms with Crippen molar-refractivity contribution in [3.8, 4) is 0 Å². The third-order valence-corrected chi connectivity index (χ3v) is 4.12. The van der Waals surface area contributed by atoms with E-state index in [4.69, 9.17) is 9.47 Å². The number of thioether (sulfide) groups is 1. The molecule has 1 rings (SSSR count). The Labute approximate surface area is 134 Å². The summed E-state index contributed by atoms with van der Waals surface area (Å²) >= 11 is 1.59. The number of amides is 2. The van der Waals surface area contributed by atoms with Gasteiger partial charge in [0.1, 0.15) is 5.60 Å². The standard InChI is InChI=1S/C14H24N2O5S/c1-14(2,3)21-13(19)16-7-9(12(18)20-4)10-8-22-6-5-15-11(10)17/h9-10H,5-8H2,1-4H3,(H,15,17)(H,16,19). The van der Waals surface area contributed by atoms with Crippen molar-refractivity contribution >= 4 is 29.7 Å². The summed E-state index contributed by atoms with van der Waals surface area (Å²) in [6.07, 6.45) is -0.622. The van der Waals surface area contributed by atoms with E-state index in [0.29, 0.717) is 12.3 Å². The lowest BCUT2D eigenvalue weighted by Gasteiger charge is -2.24. The maximum absolute atomic E-state index is 12.1. The molecule has 0 aromatic rings. The minimum Gasteiger partial charge on any atom is -0.469 e. The van der Waals surface area contributed by atoms with E-state index in [1.807, 2.05) is 0 Å². The van der Waals surface area contributed by atoms with Crippen molar-refractivity contribution in [2.24, 2.45) is 11.8 Å². The van der Waals surface area contributed by atoms with Gasteiger partial charge in [-0.3, -0.25) is 9.59 Å². The van der Waals surface area contributed by atoms with Gasteiger partial charge in [0.2, 0.25) is 5.91 Å². The largest absolute Gasteiger partial charge is 0.469 e. The first kappa shape index (κ1) is 18.6. The average Bonchev–Trinajstić information content (AvgIpc) is 2.62. The first-order valence-electron chi connectivity index (χ1n) is 7.14. The van der Waals surface area contributed by atoms with E-state index in [9.17, 15) is 14.4 Å². The Hall–Kier alpha value is -1.44. The summed E-state index contributed by atoms with van der Waals surface area (Å²) in [5.41, 5.74) is -0.625. The molecule has 1 aliphatic heterocycles. The maximum Gasteiger partial charge on any atom is 0.407 e. The third kappa shape index (κ3) is 6.13. The van der Waals surface area contributed by atoms with Crippen LogP contribution >= 0.6 is 11.8 Å². The molecule has 0 aromatic carbocycles. The quantitative estimate of drug-likeness (QED) is 0.739. The van der Waals surface area contributed by atoms with Crippen molar-refractivity contribution < 1.29 is 23.9 Å². The smallest absolute Gasteiger partial charge is 0.407 e. The lowest BCUT2D eigenvalue weighted by molar-refractivity contribution is -0.149. The number of alkyl carbamates (subject to hydrolysis) is 1. The summed E-state index contributed by atoms with van der Waals surface area (Å²) in [6, 6.07) is 0. The van der Waals surface area contributed by atoms with Crippen LogP contribution in [-0.4, -0.2) is 55.3 Å². The fourth-order valence-electron chi connectivity index (χ4n) is 2.01. The van der Waals surface area contributed by atoms with E-state index in [1.165, 1.54) is 7.11 Å². The number of carbonyl (C=O) groups excluding carboxylic acids is 3. The summed E-state index contributed by atoms with van der Waals surface area (Å²) in [7, 11) is 1.27. The van der Waals surface area contributed by atoms with Crippen LogP contribution in [0.25, 0.3) is 0 Å². The number of hydrogen-bond donors (Lipinski definition) is 2. The second kappa shape index (κ2) is 8.26. The molecule has 1 heterocycles. The van der Waals surface area contributed by atoms with Gasteiger partial charge in [-0.2, -0.15) is 11.8 Å². The van der Waals surface area contributed by atoms with Crippen molar-refractivity contribution in [1.29, 1.82) is 0 Å². The van der Waals surface area contributed by atoms with E-state index < -0.39 is 29.5 Å². The molecule has 0 aromatic heterocycles. The zero-order valence-electron chi connectivity index (χ0n) is 13.4. The molecule has 2 amide bonds.